The summed E-state index contributed by atoms with van der Waals surface area (Å²) in [5.74, 6) is 0.939. The van der Waals surface area contributed by atoms with Gasteiger partial charge >= 0.3 is 0 Å². The summed E-state index contributed by atoms with van der Waals surface area (Å²) in [5, 5.41) is 3.65. The summed E-state index contributed by atoms with van der Waals surface area (Å²) in [6.45, 7) is 3.43. The summed E-state index contributed by atoms with van der Waals surface area (Å²) in [6, 6.07) is 6.88. The summed E-state index contributed by atoms with van der Waals surface area (Å²) < 4.78 is 0. The lowest BCUT2D eigenvalue weighted by atomic mass is 9.87. The van der Waals surface area contributed by atoms with Gasteiger partial charge in [0.2, 0.25) is 0 Å². The van der Waals surface area contributed by atoms with Gasteiger partial charge in [-0.3, -0.25) is 4.98 Å². The lowest BCUT2D eigenvalue weighted by Crippen LogP contribution is -2.34. The number of aromatic nitrogens is 1. The van der Waals surface area contributed by atoms with Gasteiger partial charge in [0.1, 0.15) is 0 Å². The lowest BCUT2D eigenvalue weighted by Gasteiger charge is -2.26. The SMILES string of the molecule is CC1CCC(NCCc2ccccn2)CC1. The first-order chi connectivity index (χ1) is 7.84. The molecule has 0 saturated heterocycles. The maximum absolute atomic E-state index is 4.33. The minimum absolute atomic E-state index is 0.750. The molecule has 1 aliphatic carbocycles. The molecule has 0 radical (unpaired) electrons. The molecule has 1 N–H and O–H groups in total. The fraction of sp³-hybridized carbons (Fsp3) is 0.643. The van der Waals surface area contributed by atoms with Crippen molar-refractivity contribution in [3.8, 4) is 0 Å². The van der Waals surface area contributed by atoms with Crippen molar-refractivity contribution in [2.75, 3.05) is 6.54 Å². The maximum atomic E-state index is 4.33. The highest BCUT2D eigenvalue weighted by Gasteiger charge is 2.16. The highest BCUT2D eigenvalue weighted by molar-refractivity contribution is 5.03. The number of nitrogens with zero attached hydrogens (tertiary/aromatic N) is 1. The van der Waals surface area contributed by atoms with Gasteiger partial charge in [-0.15, -0.1) is 0 Å². The van der Waals surface area contributed by atoms with Crippen molar-refractivity contribution in [3.63, 3.8) is 0 Å². The minimum atomic E-state index is 0.750. The van der Waals surface area contributed by atoms with Crippen LogP contribution in [0.4, 0.5) is 0 Å². The molecule has 1 fully saturated rings. The van der Waals surface area contributed by atoms with Gasteiger partial charge in [-0.25, -0.2) is 0 Å². The van der Waals surface area contributed by atoms with Gasteiger partial charge in [0.15, 0.2) is 0 Å². The van der Waals surface area contributed by atoms with Crippen LogP contribution in [-0.4, -0.2) is 17.6 Å². The molecule has 0 amide bonds. The topological polar surface area (TPSA) is 24.9 Å². The first-order valence-electron chi connectivity index (χ1n) is 6.48. The molecular weight excluding hydrogens is 196 g/mol. The van der Waals surface area contributed by atoms with Gasteiger partial charge in [0, 0.05) is 30.9 Å². The van der Waals surface area contributed by atoms with Gasteiger partial charge in [-0.05, 0) is 43.7 Å². The molecule has 1 heterocycles. The molecule has 16 heavy (non-hydrogen) atoms. The maximum Gasteiger partial charge on any atom is 0.0416 e. The van der Waals surface area contributed by atoms with E-state index in [-0.39, 0.29) is 0 Å². The van der Waals surface area contributed by atoms with Crippen molar-refractivity contribution in [1.29, 1.82) is 0 Å². The molecule has 0 aliphatic heterocycles. The predicted octanol–water partition coefficient (Wildman–Crippen LogP) is 2.79. The van der Waals surface area contributed by atoms with Crippen LogP contribution in [0.2, 0.25) is 0 Å². The Morgan fingerprint density at radius 2 is 2.06 bits per heavy atom. The van der Waals surface area contributed by atoms with Crippen molar-refractivity contribution in [1.82, 2.24) is 10.3 Å². The van der Waals surface area contributed by atoms with E-state index >= 15 is 0 Å². The van der Waals surface area contributed by atoms with Crippen molar-refractivity contribution in [2.45, 2.75) is 45.1 Å². The van der Waals surface area contributed by atoms with Crippen molar-refractivity contribution < 1.29 is 0 Å². The third-order valence-corrected chi connectivity index (χ3v) is 3.56. The van der Waals surface area contributed by atoms with E-state index in [0.29, 0.717) is 0 Å². The largest absolute Gasteiger partial charge is 0.314 e. The van der Waals surface area contributed by atoms with E-state index in [0.717, 1.165) is 24.9 Å². The van der Waals surface area contributed by atoms with Crippen LogP contribution in [0.15, 0.2) is 24.4 Å². The van der Waals surface area contributed by atoms with Crippen LogP contribution in [-0.2, 0) is 6.42 Å². The Labute approximate surface area is 98.5 Å². The van der Waals surface area contributed by atoms with Crippen LogP contribution in [0, 0.1) is 5.92 Å². The fourth-order valence-electron chi connectivity index (χ4n) is 2.41. The second-order valence-corrected chi connectivity index (χ2v) is 4.98. The third kappa shape index (κ3) is 3.60. The second kappa shape index (κ2) is 6.00. The Balaban J connectivity index is 1.65. The molecule has 1 aliphatic rings. The van der Waals surface area contributed by atoms with E-state index in [1.54, 1.807) is 0 Å². The third-order valence-electron chi connectivity index (χ3n) is 3.56. The quantitative estimate of drug-likeness (QED) is 0.840. The predicted molar refractivity (Wildman–Crippen MR) is 67.4 cm³/mol. The first-order valence-corrected chi connectivity index (χ1v) is 6.48. The fourth-order valence-corrected chi connectivity index (χ4v) is 2.41. The highest BCUT2D eigenvalue weighted by atomic mass is 14.9. The van der Waals surface area contributed by atoms with Crippen molar-refractivity contribution >= 4 is 0 Å². The van der Waals surface area contributed by atoms with Crippen LogP contribution >= 0.6 is 0 Å². The molecule has 2 heteroatoms. The molecule has 88 valence electrons. The van der Waals surface area contributed by atoms with Crippen molar-refractivity contribution in [2.24, 2.45) is 5.92 Å². The highest BCUT2D eigenvalue weighted by Crippen LogP contribution is 2.23. The van der Waals surface area contributed by atoms with Crippen LogP contribution in [0.5, 0.6) is 0 Å². The average Bonchev–Trinajstić information content (AvgIpc) is 2.33. The van der Waals surface area contributed by atoms with E-state index in [9.17, 15) is 0 Å². The monoisotopic (exact) mass is 218 g/mol. The zero-order valence-corrected chi connectivity index (χ0v) is 10.2. The Bertz CT molecular complexity index is 289. The number of nitrogens with one attached hydrogen (secondary N) is 1. The normalized spacial score (nSPS) is 25.6. The summed E-state index contributed by atoms with van der Waals surface area (Å²) in [5.41, 5.74) is 1.19. The molecule has 1 aromatic rings. The van der Waals surface area contributed by atoms with Gasteiger partial charge in [-0.2, -0.15) is 0 Å². The van der Waals surface area contributed by atoms with E-state index in [4.69, 9.17) is 0 Å². The van der Waals surface area contributed by atoms with Crippen LogP contribution in [0.25, 0.3) is 0 Å². The molecule has 0 spiro atoms. The van der Waals surface area contributed by atoms with Gasteiger partial charge in [-0.1, -0.05) is 13.0 Å². The summed E-state index contributed by atoms with van der Waals surface area (Å²) in [6.07, 6.45) is 8.40. The summed E-state index contributed by atoms with van der Waals surface area (Å²) >= 11 is 0. The van der Waals surface area contributed by atoms with Gasteiger partial charge < -0.3 is 5.32 Å². The Morgan fingerprint density at radius 3 is 2.75 bits per heavy atom. The molecular formula is C14H22N2. The zero-order chi connectivity index (χ0) is 11.2. The standard InChI is InChI=1S/C14H22N2/c1-12-5-7-14(8-6-12)16-11-9-13-4-2-3-10-15-13/h2-4,10,12,14,16H,5-9,11H2,1H3. The number of rotatable bonds is 4. The Morgan fingerprint density at radius 1 is 1.25 bits per heavy atom. The van der Waals surface area contributed by atoms with Gasteiger partial charge in [0.25, 0.3) is 0 Å². The average molecular weight is 218 g/mol. The number of hydrogen-bond donors (Lipinski definition) is 1. The van der Waals surface area contributed by atoms with E-state index in [2.05, 4.69) is 29.4 Å². The van der Waals surface area contributed by atoms with Gasteiger partial charge in [0.05, 0.1) is 0 Å². The van der Waals surface area contributed by atoms with E-state index in [1.807, 2.05) is 12.3 Å². The molecule has 0 bridgehead atoms. The second-order valence-electron chi connectivity index (χ2n) is 4.98. The smallest absolute Gasteiger partial charge is 0.0416 e. The lowest BCUT2D eigenvalue weighted by molar-refractivity contribution is 0.308. The number of pyridine rings is 1. The summed E-state index contributed by atoms with van der Waals surface area (Å²) in [7, 11) is 0. The zero-order valence-electron chi connectivity index (χ0n) is 10.2. The van der Waals surface area contributed by atoms with E-state index in [1.165, 1.54) is 31.4 Å². The molecule has 1 saturated carbocycles. The first kappa shape index (κ1) is 11.6. The number of hydrogen-bond acceptors (Lipinski definition) is 2. The van der Waals surface area contributed by atoms with Crippen LogP contribution < -0.4 is 5.32 Å². The van der Waals surface area contributed by atoms with Crippen LogP contribution in [0.1, 0.15) is 38.3 Å². The molecule has 2 rings (SSSR count). The minimum Gasteiger partial charge on any atom is -0.314 e. The van der Waals surface area contributed by atoms with Crippen LogP contribution in [0.3, 0.4) is 0 Å². The molecule has 0 aromatic carbocycles. The Kier molecular flexibility index (Phi) is 4.34. The van der Waals surface area contributed by atoms with E-state index < -0.39 is 0 Å². The molecule has 0 unspecified atom stereocenters. The molecule has 2 nitrogen and oxygen atoms in total. The molecule has 1 aromatic heterocycles. The Hall–Kier alpha value is -0.890. The van der Waals surface area contributed by atoms with Crippen molar-refractivity contribution in [3.05, 3.63) is 30.1 Å². The molecule has 0 atom stereocenters. The summed E-state index contributed by atoms with van der Waals surface area (Å²) in [4.78, 5) is 4.33.